The van der Waals surface area contributed by atoms with Crippen LogP contribution >= 0.6 is 34.5 Å². The molecule has 0 radical (unpaired) electrons. The van der Waals surface area contributed by atoms with Gasteiger partial charge >= 0.3 is 5.69 Å². The number of para-hydroxylation sites is 1. The average Bonchev–Trinajstić information content (AvgIpc) is 3.17. The van der Waals surface area contributed by atoms with Gasteiger partial charge in [0.2, 0.25) is 11.0 Å². The Morgan fingerprint density at radius 1 is 1.10 bits per heavy atom. The number of benzene rings is 2. The van der Waals surface area contributed by atoms with E-state index in [4.69, 9.17) is 23.2 Å². The molecule has 150 valence electrons. The lowest BCUT2D eigenvalue weighted by Gasteiger charge is -2.08. The van der Waals surface area contributed by atoms with Crippen molar-refractivity contribution >= 4 is 45.9 Å². The van der Waals surface area contributed by atoms with Crippen LogP contribution in [-0.2, 0) is 0 Å². The first-order valence-electron chi connectivity index (χ1n) is 8.41. The Morgan fingerprint density at radius 2 is 1.87 bits per heavy atom. The predicted molar refractivity (Wildman–Crippen MR) is 117 cm³/mol. The van der Waals surface area contributed by atoms with Crippen LogP contribution in [0.2, 0.25) is 10.0 Å². The highest BCUT2D eigenvalue weighted by Crippen LogP contribution is 2.34. The van der Waals surface area contributed by atoms with Gasteiger partial charge in [-0.2, -0.15) is 0 Å². The van der Waals surface area contributed by atoms with Crippen molar-refractivity contribution in [3.63, 3.8) is 0 Å². The molecule has 8 nitrogen and oxygen atoms in total. The molecule has 0 bridgehead atoms. The van der Waals surface area contributed by atoms with E-state index in [-0.39, 0.29) is 10.7 Å². The van der Waals surface area contributed by atoms with Gasteiger partial charge in [0.05, 0.1) is 10.7 Å². The summed E-state index contributed by atoms with van der Waals surface area (Å²) in [6.07, 6.45) is 1.13. The summed E-state index contributed by atoms with van der Waals surface area (Å²) < 4.78 is 0.974. The first-order valence-corrected chi connectivity index (χ1v) is 9.98. The Bertz CT molecular complexity index is 1380. The normalized spacial score (nSPS) is 11.3. The van der Waals surface area contributed by atoms with Crippen LogP contribution in [0, 0.1) is 0 Å². The van der Waals surface area contributed by atoms with E-state index in [9.17, 15) is 14.7 Å². The van der Waals surface area contributed by atoms with Crippen molar-refractivity contribution in [1.29, 1.82) is 0 Å². The molecule has 0 saturated heterocycles. The summed E-state index contributed by atoms with van der Waals surface area (Å²) in [4.78, 5) is 30.6. The fraction of sp³-hybridized carbons (Fsp3) is 0. The van der Waals surface area contributed by atoms with E-state index in [0.717, 1.165) is 22.1 Å². The number of hydrogen-bond donors (Lipinski definition) is 2. The summed E-state index contributed by atoms with van der Waals surface area (Å²) in [5, 5.41) is 20.1. The van der Waals surface area contributed by atoms with Gasteiger partial charge in [0.1, 0.15) is 5.56 Å². The Hall–Kier alpha value is -3.27. The molecule has 2 aromatic heterocycles. The zero-order chi connectivity index (χ0) is 21.3. The molecule has 0 saturated carbocycles. The molecule has 0 aliphatic rings. The number of nitrogens with one attached hydrogen (secondary N) is 1. The van der Waals surface area contributed by atoms with E-state index in [1.807, 2.05) is 0 Å². The summed E-state index contributed by atoms with van der Waals surface area (Å²) >= 11 is 13.2. The van der Waals surface area contributed by atoms with Gasteiger partial charge in [-0.25, -0.2) is 14.4 Å². The van der Waals surface area contributed by atoms with Crippen molar-refractivity contribution < 1.29 is 5.11 Å². The van der Waals surface area contributed by atoms with E-state index in [1.54, 1.807) is 48.5 Å². The highest BCUT2D eigenvalue weighted by atomic mass is 35.5. The highest BCUT2D eigenvalue weighted by Gasteiger charge is 2.15. The molecule has 0 aliphatic carbocycles. The van der Waals surface area contributed by atoms with Crippen molar-refractivity contribution in [3.8, 4) is 22.1 Å². The predicted octanol–water partition coefficient (Wildman–Crippen LogP) is 3.81. The molecule has 0 atom stereocenters. The molecule has 11 heteroatoms. The topological polar surface area (TPSA) is 113 Å². The van der Waals surface area contributed by atoms with Crippen LogP contribution in [0.3, 0.4) is 0 Å². The van der Waals surface area contributed by atoms with Gasteiger partial charge in [-0.3, -0.25) is 9.78 Å². The van der Waals surface area contributed by atoms with Gasteiger partial charge < -0.3 is 5.11 Å². The van der Waals surface area contributed by atoms with Gasteiger partial charge in [-0.05, 0) is 30.3 Å². The number of H-pyrrole nitrogens is 1. The third-order valence-electron chi connectivity index (χ3n) is 4.02. The van der Waals surface area contributed by atoms with E-state index in [0.29, 0.717) is 26.3 Å². The van der Waals surface area contributed by atoms with Crippen molar-refractivity contribution in [2.45, 2.75) is 0 Å². The summed E-state index contributed by atoms with van der Waals surface area (Å²) in [7, 11) is 0. The number of aliphatic imine (C=N–C) groups is 1. The third-order valence-corrected chi connectivity index (χ3v) is 5.43. The second-order valence-corrected chi connectivity index (χ2v) is 7.74. The first-order chi connectivity index (χ1) is 14.4. The molecule has 2 heterocycles. The van der Waals surface area contributed by atoms with Crippen molar-refractivity contribution in [3.05, 3.63) is 85.0 Å². The van der Waals surface area contributed by atoms with E-state index in [2.05, 4.69) is 20.2 Å². The number of nitrogens with zero attached hydrogens (tertiary/aromatic N) is 4. The van der Waals surface area contributed by atoms with Crippen LogP contribution in [0.25, 0.3) is 16.3 Å². The highest BCUT2D eigenvalue weighted by molar-refractivity contribution is 7.18. The number of halogens is 2. The quantitative estimate of drug-likeness (QED) is 0.450. The molecule has 0 spiro atoms. The lowest BCUT2D eigenvalue weighted by Crippen LogP contribution is -2.31. The Labute approximate surface area is 182 Å². The molecule has 0 amide bonds. The summed E-state index contributed by atoms with van der Waals surface area (Å²) in [5.41, 5.74) is -0.713. The van der Waals surface area contributed by atoms with Crippen LogP contribution in [0.5, 0.6) is 5.88 Å². The van der Waals surface area contributed by atoms with Crippen LogP contribution in [0.4, 0.5) is 5.13 Å². The summed E-state index contributed by atoms with van der Waals surface area (Å²) in [6, 6.07) is 13.4. The molecular formula is C19H11Cl2N5O3S. The van der Waals surface area contributed by atoms with Crippen molar-refractivity contribution in [1.82, 2.24) is 19.7 Å². The lowest BCUT2D eigenvalue weighted by molar-refractivity contribution is 0.430. The van der Waals surface area contributed by atoms with Gasteiger partial charge in [-0.15, -0.1) is 10.2 Å². The third kappa shape index (κ3) is 3.90. The van der Waals surface area contributed by atoms with Crippen LogP contribution < -0.4 is 11.2 Å². The second-order valence-electron chi connectivity index (χ2n) is 5.94. The summed E-state index contributed by atoms with van der Waals surface area (Å²) in [6.45, 7) is 0. The molecule has 4 rings (SSSR count). The molecular weight excluding hydrogens is 449 g/mol. The molecule has 2 N–H and O–H groups in total. The molecule has 0 aliphatic heterocycles. The van der Waals surface area contributed by atoms with Crippen molar-refractivity contribution in [2.24, 2.45) is 4.99 Å². The number of aromatic nitrogens is 4. The van der Waals surface area contributed by atoms with Gasteiger partial charge in [-0.1, -0.05) is 52.7 Å². The minimum atomic E-state index is -0.779. The van der Waals surface area contributed by atoms with E-state index >= 15 is 0 Å². The van der Waals surface area contributed by atoms with Crippen LogP contribution in [0.1, 0.15) is 5.56 Å². The average molecular weight is 460 g/mol. The fourth-order valence-corrected chi connectivity index (χ4v) is 3.91. The maximum absolute atomic E-state index is 12.2. The minimum absolute atomic E-state index is 0.195. The zero-order valence-corrected chi connectivity index (χ0v) is 17.2. The van der Waals surface area contributed by atoms with Gasteiger partial charge in [0, 0.05) is 16.8 Å². The number of aromatic amines is 1. The Kier molecular flexibility index (Phi) is 5.49. The lowest BCUT2D eigenvalue weighted by atomic mass is 10.2. The minimum Gasteiger partial charge on any atom is -0.493 e. The molecule has 4 aromatic rings. The summed E-state index contributed by atoms with van der Waals surface area (Å²) in [5.74, 6) is -0.538. The number of rotatable bonds is 4. The zero-order valence-electron chi connectivity index (χ0n) is 14.9. The van der Waals surface area contributed by atoms with E-state index < -0.39 is 17.1 Å². The van der Waals surface area contributed by atoms with E-state index in [1.165, 1.54) is 0 Å². The molecule has 30 heavy (non-hydrogen) atoms. The molecule has 0 unspecified atom stereocenters. The Morgan fingerprint density at radius 3 is 2.60 bits per heavy atom. The SMILES string of the molecule is O=c1[nH]c(=O)n(-c2ccccc2)c(O)c1C=Nc1nnc(-c2ccc(Cl)cc2Cl)s1. The van der Waals surface area contributed by atoms with Crippen molar-refractivity contribution in [2.75, 3.05) is 0 Å². The fourth-order valence-electron chi connectivity index (χ4n) is 2.63. The number of hydrogen-bond acceptors (Lipinski definition) is 7. The van der Waals surface area contributed by atoms with Crippen LogP contribution in [-0.4, -0.2) is 31.1 Å². The maximum atomic E-state index is 12.2. The standard InChI is InChI=1S/C19H11Cl2N5O3S/c20-10-6-7-12(14(21)8-10)16-24-25-18(30-16)22-9-13-15(27)23-19(29)26(17(13)28)11-4-2-1-3-5-11/h1-9,28H,(H,23,27,29). The monoisotopic (exact) mass is 459 g/mol. The van der Waals surface area contributed by atoms with Crippen LogP contribution in [0.15, 0.2) is 63.1 Å². The maximum Gasteiger partial charge on any atom is 0.335 e. The molecule has 0 fully saturated rings. The Balaban J connectivity index is 1.71. The number of aromatic hydroxyl groups is 1. The first kappa shape index (κ1) is 20.0. The van der Waals surface area contributed by atoms with Gasteiger partial charge in [0.25, 0.3) is 5.56 Å². The smallest absolute Gasteiger partial charge is 0.335 e. The largest absolute Gasteiger partial charge is 0.493 e. The second kappa shape index (κ2) is 8.23. The van der Waals surface area contributed by atoms with Gasteiger partial charge in [0.15, 0.2) is 5.01 Å². The molecule has 2 aromatic carbocycles.